The first-order chi connectivity index (χ1) is 11.2. The van der Waals surface area contributed by atoms with E-state index in [9.17, 15) is 4.79 Å². The molecule has 2 heterocycles. The third kappa shape index (κ3) is 3.83. The van der Waals surface area contributed by atoms with Crippen LogP contribution in [0.5, 0.6) is 5.75 Å². The second-order valence-corrected chi connectivity index (χ2v) is 7.64. The monoisotopic (exact) mass is 334 g/mol. The van der Waals surface area contributed by atoms with Crippen LogP contribution in [0.1, 0.15) is 37.6 Å². The van der Waals surface area contributed by atoms with Gasteiger partial charge in [-0.3, -0.25) is 4.79 Å². The number of likely N-dealkylation sites (tertiary alicyclic amines) is 1. The van der Waals surface area contributed by atoms with Crippen LogP contribution in [0.4, 0.5) is 0 Å². The van der Waals surface area contributed by atoms with Crippen LogP contribution in [-0.2, 0) is 4.79 Å². The minimum absolute atomic E-state index is 0.0464. The van der Waals surface area contributed by atoms with Crippen molar-refractivity contribution in [3.8, 4) is 5.75 Å². The van der Waals surface area contributed by atoms with Crippen LogP contribution in [-0.4, -0.2) is 53.7 Å². The van der Waals surface area contributed by atoms with E-state index in [2.05, 4.69) is 21.9 Å². The van der Waals surface area contributed by atoms with Gasteiger partial charge < -0.3 is 14.5 Å². The van der Waals surface area contributed by atoms with E-state index in [4.69, 9.17) is 4.74 Å². The molecular formula is C18H26N2O2S. The van der Waals surface area contributed by atoms with Gasteiger partial charge in [-0.15, -0.1) is 11.8 Å². The Morgan fingerprint density at radius 2 is 1.87 bits per heavy atom. The number of hydrogen-bond donors (Lipinski definition) is 0. The van der Waals surface area contributed by atoms with Gasteiger partial charge in [-0.05, 0) is 57.5 Å². The van der Waals surface area contributed by atoms with Gasteiger partial charge in [0.05, 0.1) is 11.9 Å². The van der Waals surface area contributed by atoms with Crippen LogP contribution < -0.4 is 4.74 Å². The molecule has 2 aliphatic heterocycles. The minimum Gasteiger partial charge on any atom is -0.494 e. The van der Waals surface area contributed by atoms with E-state index in [1.54, 1.807) is 11.8 Å². The number of thioether (sulfide) groups is 1. The van der Waals surface area contributed by atoms with Crippen molar-refractivity contribution < 1.29 is 9.53 Å². The second-order valence-electron chi connectivity index (χ2n) is 6.21. The number of benzene rings is 1. The van der Waals surface area contributed by atoms with Crippen LogP contribution in [0.15, 0.2) is 24.3 Å². The number of ether oxygens (including phenoxy) is 1. The zero-order chi connectivity index (χ0) is 16.2. The molecule has 0 bridgehead atoms. The number of rotatable bonds is 6. The highest BCUT2D eigenvalue weighted by Gasteiger charge is 2.38. The Bertz CT molecular complexity index is 528. The van der Waals surface area contributed by atoms with Crippen molar-refractivity contribution in [2.24, 2.45) is 0 Å². The molecule has 2 aliphatic rings. The normalized spacial score (nSPS) is 25.3. The van der Waals surface area contributed by atoms with Crippen LogP contribution >= 0.6 is 11.8 Å². The molecule has 3 rings (SSSR count). The SMILES string of the molecule is CCOc1ccc([C@@H]2S[C@@H](C)C(=O)N2CCN2CCCC2)cc1. The van der Waals surface area contributed by atoms with Gasteiger partial charge in [-0.25, -0.2) is 0 Å². The zero-order valence-electron chi connectivity index (χ0n) is 14.0. The van der Waals surface area contributed by atoms with Gasteiger partial charge in [0.25, 0.3) is 0 Å². The molecular weight excluding hydrogens is 308 g/mol. The van der Waals surface area contributed by atoms with E-state index >= 15 is 0 Å². The third-order valence-electron chi connectivity index (χ3n) is 4.58. The summed E-state index contributed by atoms with van der Waals surface area (Å²) in [5.41, 5.74) is 1.19. The molecule has 2 saturated heterocycles. The topological polar surface area (TPSA) is 32.8 Å². The molecule has 0 N–H and O–H groups in total. The first kappa shape index (κ1) is 16.7. The molecule has 4 nitrogen and oxygen atoms in total. The fourth-order valence-electron chi connectivity index (χ4n) is 3.31. The fraction of sp³-hybridized carbons (Fsp3) is 0.611. The summed E-state index contributed by atoms with van der Waals surface area (Å²) in [6.45, 7) is 8.86. The summed E-state index contributed by atoms with van der Waals surface area (Å²) < 4.78 is 5.51. The maximum atomic E-state index is 12.5. The van der Waals surface area contributed by atoms with Crippen LogP contribution in [0.25, 0.3) is 0 Å². The molecule has 0 saturated carbocycles. The summed E-state index contributed by atoms with van der Waals surface area (Å²) in [6, 6.07) is 8.20. The zero-order valence-corrected chi connectivity index (χ0v) is 14.8. The number of hydrogen-bond acceptors (Lipinski definition) is 4. The van der Waals surface area contributed by atoms with Crippen molar-refractivity contribution in [1.29, 1.82) is 0 Å². The summed E-state index contributed by atoms with van der Waals surface area (Å²) in [5, 5.41) is 0.181. The van der Waals surface area contributed by atoms with Crippen LogP contribution in [0, 0.1) is 0 Å². The highest BCUT2D eigenvalue weighted by molar-refractivity contribution is 8.01. The van der Waals surface area contributed by atoms with Crippen molar-refractivity contribution in [2.45, 2.75) is 37.3 Å². The number of carbonyl (C=O) groups is 1. The Morgan fingerprint density at radius 3 is 2.52 bits per heavy atom. The van der Waals surface area contributed by atoms with E-state index in [0.29, 0.717) is 6.61 Å². The smallest absolute Gasteiger partial charge is 0.236 e. The second kappa shape index (κ2) is 7.58. The van der Waals surface area contributed by atoms with Gasteiger partial charge in [0.1, 0.15) is 11.1 Å². The fourth-order valence-corrected chi connectivity index (χ4v) is 4.62. The lowest BCUT2D eigenvalue weighted by atomic mass is 10.2. The summed E-state index contributed by atoms with van der Waals surface area (Å²) >= 11 is 1.75. The van der Waals surface area contributed by atoms with Crippen LogP contribution in [0.2, 0.25) is 0 Å². The molecule has 0 aromatic heterocycles. The Balaban J connectivity index is 1.68. The molecule has 1 amide bonds. The van der Waals surface area contributed by atoms with Crippen molar-refractivity contribution in [3.05, 3.63) is 29.8 Å². The summed E-state index contributed by atoms with van der Waals surface area (Å²) in [7, 11) is 0. The number of nitrogens with zero attached hydrogens (tertiary/aromatic N) is 2. The highest BCUT2D eigenvalue weighted by atomic mass is 32.2. The molecule has 1 aromatic rings. The van der Waals surface area contributed by atoms with Crippen molar-refractivity contribution in [2.75, 3.05) is 32.8 Å². The van der Waals surface area contributed by atoms with Gasteiger partial charge in [0, 0.05) is 13.1 Å². The lowest BCUT2D eigenvalue weighted by molar-refractivity contribution is -0.130. The van der Waals surface area contributed by atoms with E-state index < -0.39 is 0 Å². The van der Waals surface area contributed by atoms with E-state index in [-0.39, 0.29) is 16.5 Å². The van der Waals surface area contributed by atoms with E-state index in [0.717, 1.165) is 18.8 Å². The minimum atomic E-state index is 0.0464. The lowest BCUT2D eigenvalue weighted by Gasteiger charge is -2.26. The van der Waals surface area contributed by atoms with Crippen molar-refractivity contribution >= 4 is 17.7 Å². The van der Waals surface area contributed by atoms with Gasteiger partial charge >= 0.3 is 0 Å². The predicted octanol–water partition coefficient (Wildman–Crippen LogP) is 3.14. The first-order valence-corrected chi connectivity index (χ1v) is 9.54. The Hall–Kier alpha value is -1.20. The predicted molar refractivity (Wildman–Crippen MR) is 94.8 cm³/mol. The third-order valence-corrected chi connectivity index (χ3v) is 5.97. The molecule has 23 heavy (non-hydrogen) atoms. The van der Waals surface area contributed by atoms with Crippen LogP contribution in [0.3, 0.4) is 0 Å². The maximum absolute atomic E-state index is 12.5. The van der Waals surface area contributed by atoms with Gasteiger partial charge in [-0.2, -0.15) is 0 Å². The highest BCUT2D eigenvalue weighted by Crippen LogP contribution is 2.43. The van der Waals surface area contributed by atoms with Gasteiger partial charge in [0.15, 0.2) is 0 Å². The Morgan fingerprint density at radius 1 is 1.17 bits per heavy atom. The summed E-state index contributed by atoms with van der Waals surface area (Å²) in [6.07, 6.45) is 2.59. The molecule has 2 fully saturated rings. The van der Waals surface area contributed by atoms with Gasteiger partial charge in [0.2, 0.25) is 5.91 Å². The lowest BCUT2D eigenvalue weighted by Crippen LogP contribution is -2.37. The summed E-state index contributed by atoms with van der Waals surface area (Å²) in [5.74, 6) is 1.16. The van der Waals surface area contributed by atoms with E-state index in [1.807, 2.05) is 26.0 Å². The Labute approximate surface area is 143 Å². The molecule has 0 unspecified atom stereocenters. The molecule has 0 spiro atoms. The quantitative estimate of drug-likeness (QED) is 0.800. The first-order valence-electron chi connectivity index (χ1n) is 8.60. The molecule has 2 atom stereocenters. The average molecular weight is 334 g/mol. The standard InChI is InChI=1S/C18H26N2O2S/c1-3-22-16-8-6-15(7-9-16)18-20(17(21)14(2)23-18)13-12-19-10-4-5-11-19/h6-9,14,18H,3-5,10-13H2,1-2H3/t14-,18-/m0/s1. The largest absolute Gasteiger partial charge is 0.494 e. The molecule has 0 radical (unpaired) electrons. The Kier molecular flexibility index (Phi) is 5.49. The molecule has 1 aromatic carbocycles. The summed E-state index contributed by atoms with van der Waals surface area (Å²) in [4.78, 5) is 17.1. The van der Waals surface area contributed by atoms with Crippen molar-refractivity contribution in [3.63, 3.8) is 0 Å². The number of carbonyl (C=O) groups excluding carboxylic acids is 1. The molecule has 126 valence electrons. The number of amides is 1. The van der Waals surface area contributed by atoms with Crippen molar-refractivity contribution in [1.82, 2.24) is 9.80 Å². The molecule has 5 heteroatoms. The maximum Gasteiger partial charge on any atom is 0.236 e. The van der Waals surface area contributed by atoms with E-state index in [1.165, 1.54) is 31.5 Å². The molecule has 0 aliphatic carbocycles. The average Bonchev–Trinajstić information content (AvgIpc) is 3.16. The van der Waals surface area contributed by atoms with Gasteiger partial charge in [-0.1, -0.05) is 12.1 Å².